The lowest BCUT2D eigenvalue weighted by Gasteiger charge is -2.00. The van der Waals surface area contributed by atoms with Crippen LogP contribution in [-0.4, -0.2) is 11.5 Å². The number of thiol groups is 1. The monoisotopic (exact) mass is 232 g/mol. The van der Waals surface area contributed by atoms with E-state index in [0.29, 0.717) is 0 Å². The summed E-state index contributed by atoms with van der Waals surface area (Å²) in [4.78, 5) is 1.26. The molecule has 0 saturated carbocycles. The van der Waals surface area contributed by atoms with Crippen LogP contribution in [-0.2, 0) is 0 Å². The minimum Gasteiger partial charge on any atom is -0.179 e. The summed E-state index contributed by atoms with van der Waals surface area (Å²) in [7, 11) is 0. The first-order valence-corrected chi connectivity index (χ1v) is 6.32. The molecule has 72 valence electrons. The third kappa shape index (κ3) is 4.84. The smallest absolute Gasteiger partial charge is 0.0417 e. The van der Waals surface area contributed by atoms with Gasteiger partial charge in [-0.3, -0.25) is 0 Å². The lowest BCUT2D eigenvalue weighted by molar-refractivity contribution is 0.910. The van der Waals surface area contributed by atoms with E-state index in [1.54, 1.807) is 0 Å². The average molecular weight is 233 g/mol. The zero-order valence-electron chi connectivity index (χ0n) is 7.37. The van der Waals surface area contributed by atoms with Crippen LogP contribution in [0.2, 0.25) is 5.02 Å². The fraction of sp³-hybridized carbons (Fsp3) is 0.400. The van der Waals surface area contributed by atoms with Crippen LogP contribution in [0.5, 0.6) is 0 Å². The highest BCUT2D eigenvalue weighted by Gasteiger charge is 1.94. The molecule has 1 aromatic rings. The first-order chi connectivity index (χ1) is 6.33. The first kappa shape index (κ1) is 11.3. The van der Waals surface area contributed by atoms with Gasteiger partial charge in [-0.1, -0.05) is 17.7 Å². The van der Waals surface area contributed by atoms with Gasteiger partial charge in [-0.25, -0.2) is 0 Å². The zero-order chi connectivity index (χ0) is 9.52. The van der Waals surface area contributed by atoms with E-state index in [2.05, 4.69) is 18.7 Å². The Kier molecular flexibility index (Phi) is 5.76. The molecule has 0 aliphatic carbocycles. The van der Waals surface area contributed by atoms with Crippen molar-refractivity contribution in [2.75, 3.05) is 11.5 Å². The minimum absolute atomic E-state index is 0.819. The zero-order valence-corrected chi connectivity index (χ0v) is 9.84. The predicted molar refractivity (Wildman–Crippen MR) is 65.3 cm³/mol. The van der Waals surface area contributed by atoms with E-state index in [1.807, 2.05) is 30.0 Å². The van der Waals surface area contributed by atoms with Crippen LogP contribution in [0.3, 0.4) is 0 Å². The van der Waals surface area contributed by atoms with Crippen molar-refractivity contribution in [3.05, 3.63) is 29.3 Å². The van der Waals surface area contributed by atoms with Gasteiger partial charge < -0.3 is 0 Å². The number of benzene rings is 1. The second-order valence-corrected chi connectivity index (χ2v) is 4.79. The number of hydrogen-bond acceptors (Lipinski definition) is 2. The lowest BCUT2D eigenvalue weighted by Crippen LogP contribution is -1.81. The summed E-state index contributed by atoms with van der Waals surface area (Å²) < 4.78 is 0. The largest absolute Gasteiger partial charge is 0.179 e. The van der Waals surface area contributed by atoms with Gasteiger partial charge in [0.2, 0.25) is 0 Å². The van der Waals surface area contributed by atoms with Crippen LogP contribution in [0.25, 0.3) is 0 Å². The molecular formula is C10H13ClS2. The van der Waals surface area contributed by atoms with Crippen LogP contribution < -0.4 is 0 Å². The maximum Gasteiger partial charge on any atom is 0.0417 e. The molecule has 0 fully saturated rings. The molecule has 0 aliphatic heterocycles. The van der Waals surface area contributed by atoms with E-state index in [9.17, 15) is 0 Å². The molecule has 0 N–H and O–H groups in total. The molecular weight excluding hydrogens is 220 g/mol. The van der Waals surface area contributed by atoms with E-state index >= 15 is 0 Å². The summed E-state index contributed by atoms with van der Waals surface area (Å²) in [6, 6.07) is 7.99. The fourth-order valence-corrected chi connectivity index (χ4v) is 2.41. The molecule has 0 unspecified atom stereocenters. The van der Waals surface area contributed by atoms with Crippen LogP contribution in [0.1, 0.15) is 12.8 Å². The summed E-state index contributed by atoms with van der Waals surface area (Å²) in [5, 5.41) is 0.819. The number of halogens is 1. The minimum atomic E-state index is 0.819. The number of hydrogen-bond donors (Lipinski definition) is 1. The van der Waals surface area contributed by atoms with Crippen LogP contribution in [0, 0.1) is 0 Å². The Hall–Kier alpha value is 0.210. The van der Waals surface area contributed by atoms with Crippen molar-refractivity contribution in [3.8, 4) is 0 Å². The third-order valence-corrected chi connectivity index (χ3v) is 3.25. The summed E-state index contributed by atoms with van der Waals surface area (Å²) in [6.07, 6.45) is 2.41. The van der Waals surface area contributed by atoms with Gasteiger partial charge in [0.05, 0.1) is 0 Å². The molecule has 0 bridgehead atoms. The Morgan fingerprint density at radius 2 is 2.15 bits per heavy atom. The molecule has 0 saturated heterocycles. The SMILES string of the molecule is SCCCCSc1cccc(Cl)c1. The molecule has 3 heteroatoms. The molecule has 13 heavy (non-hydrogen) atoms. The molecule has 0 spiro atoms. The van der Waals surface area contributed by atoms with E-state index in [0.717, 1.165) is 16.5 Å². The summed E-state index contributed by atoms with van der Waals surface area (Å²) >= 11 is 11.9. The van der Waals surface area contributed by atoms with E-state index in [1.165, 1.54) is 17.7 Å². The van der Waals surface area contributed by atoms with E-state index in [-0.39, 0.29) is 0 Å². The fourth-order valence-electron chi connectivity index (χ4n) is 0.961. The van der Waals surface area contributed by atoms with Gasteiger partial charge in [0.1, 0.15) is 0 Å². The topological polar surface area (TPSA) is 0 Å². The molecule has 0 heterocycles. The third-order valence-electron chi connectivity index (χ3n) is 1.62. The highest BCUT2D eigenvalue weighted by molar-refractivity contribution is 7.99. The normalized spacial score (nSPS) is 10.3. The van der Waals surface area contributed by atoms with Crippen LogP contribution in [0.4, 0.5) is 0 Å². The maximum absolute atomic E-state index is 5.86. The molecule has 1 rings (SSSR count). The number of rotatable bonds is 5. The Bertz CT molecular complexity index is 250. The first-order valence-electron chi connectivity index (χ1n) is 4.32. The lowest BCUT2D eigenvalue weighted by atomic mass is 10.4. The molecule has 0 nitrogen and oxygen atoms in total. The van der Waals surface area contributed by atoms with Crippen LogP contribution in [0.15, 0.2) is 29.2 Å². The Morgan fingerprint density at radius 3 is 2.85 bits per heavy atom. The van der Waals surface area contributed by atoms with Gasteiger partial charge in [-0.15, -0.1) is 11.8 Å². The van der Waals surface area contributed by atoms with E-state index in [4.69, 9.17) is 11.6 Å². The number of thioether (sulfide) groups is 1. The molecule has 0 aliphatic rings. The molecule has 1 aromatic carbocycles. The maximum atomic E-state index is 5.86. The molecule has 0 amide bonds. The van der Waals surface area contributed by atoms with Crippen molar-refractivity contribution in [1.29, 1.82) is 0 Å². The van der Waals surface area contributed by atoms with E-state index < -0.39 is 0 Å². The second-order valence-electron chi connectivity index (χ2n) is 2.74. The highest BCUT2D eigenvalue weighted by atomic mass is 35.5. The van der Waals surface area contributed by atoms with Crippen molar-refractivity contribution in [2.24, 2.45) is 0 Å². The molecule has 0 radical (unpaired) electrons. The van der Waals surface area contributed by atoms with Gasteiger partial charge in [-0.05, 0) is 42.5 Å². The van der Waals surface area contributed by atoms with Crippen molar-refractivity contribution < 1.29 is 0 Å². The van der Waals surface area contributed by atoms with Crippen molar-refractivity contribution in [3.63, 3.8) is 0 Å². The highest BCUT2D eigenvalue weighted by Crippen LogP contribution is 2.22. The van der Waals surface area contributed by atoms with Gasteiger partial charge >= 0.3 is 0 Å². The van der Waals surface area contributed by atoms with Gasteiger partial charge in [-0.2, -0.15) is 12.6 Å². The van der Waals surface area contributed by atoms with Gasteiger partial charge in [0, 0.05) is 9.92 Å². The van der Waals surface area contributed by atoms with Crippen molar-refractivity contribution in [2.45, 2.75) is 17.7 Å². The predicted octanol–water partition coefficient (Wildman–Crippen LogP) is 4.14. The Morgan fingerprint density at radius 1 is 1.31 bits per heavy atom. The quantitative estimate of drug-likeness (QED) is 0.452. The number of unbranched alkanes of at least 4 members (excludes halogenated alkanes) is 1. The average Bonchev–Trinajstić information content (AvgIpc) is 2.13. The summed E-state index contributed by atoms with van der Waals surface area (Å²) in [6.45, 7) is 0. The van der Waals surface area contributed by atoms with Gasteiger partial charge in [0.25, 0.3) is 0 Å². The standard InChI is InChI=1S/C10H13ClS2/c11-9-4-3-5-10(8-9)13-7-2-1-6-12/h3-5,8,12H,1-2,6-7H2. The summed E-state index contributed by atoms with van der Waals surface area (Å²) in [5.41, 5.74) is 0. The second kappa shape index (κ2) is 6.63. The van der Waals surface area contributed by atoms with Crippen molar-refractivity contribution in [1.82, 2.24) is 0 Å². The van der Waals surface area contributed by atoms with Gasteiger partial charge in [0.15, 0.2) is 0 Å². The van der Waals surface area contributed by atoms with Crippen molar-refractivity contribution >= 4 is 36.0 Å². The Balaban J connectivity index is 2.28. The van der Waals surface area contributed by atoms with Crippen LogP contribution >= 0.6 is 36.0 Å². The Labute approximate surface area is 94.5 Å². The summed E-state index contributed by atoms with van der Waals surface area (Å²) in [5.74, 6) is 2.14. The molecule has 0 aromatic heterocycles. The molecule has 0 atom stereocenters.